The highest BCUT2D eigenvalue weighted by Crippen LogP contribution is 2.37. The van der Waals surface area contributed by atoms with Crippen LogP contribution >= 0.6 is 31.9 Å². The minimum absolute atomic E-state index is 0.0146. The first-order valence-electron chi connectivity index (χ1n) is 17.9. The highest BCUT2D eigenvalue weighted by atomic mass is 79.9. The van der Waals surface area contributed by atoms with Gasteiger partial charge in [0.15, 0.2) is 5.78 Å². The van der Waals surface area contributed by atoms with Crippen LogP contribution in [0.4, 0.5) is 17.6 Å². The van der Waals surface area contributed by atoms with E-state index in [0.717, 1.165) is 56.6 Å². The smallest absolute Gasteiger partial charge is 0.167 e. The van der Waals surface area contributed by atoms with Crippen LogP contribution in [0.5, 0.6) is 11.5 Å². The summed E-state index contributed by atoms with van der Waals surface area (Å²) in [5, 5.41) is 0. The number of benzene rings is 5. The zero-order valence-electron chi connectivity index (χ0n) is 31.2. The lowest BCUT2D eigenvalue weighted by Crippen LogP contribution is -2.07. The van der Waals surface area contributed by atoms with Gasteiger partial charge in [0, 0.05) is 62.0 Å². The maximum atomic E-state index is 14.1. The molecule has 58 heavy (non-hydrogen) atoms. The van der Waals surface area contributed by atoms with Gasteiger partial charge in [-0.2, -0.15) is 0 Å². The number of imidazole rings is 1. The Bertz CT molecular complexity index is 2560. The third-order valence-electron chi connectivity index (χ3n) is 8.97. The normalized spacial score (nSPS) is 10.8. The molecule has 2 heterocycles. The molecule has 7 aromatic rings. The van der Waals surface area contributed by atoms with Gasteiger partial charge in [-0.3, -0.25) is 4.79 Å². The molecule has 2 aromatic heterocycles. The number of aryl methyl sites for hydroxylation is 1. The lowest BCUT2D eigenvalue weighted by Gasteiger charge is -2.17. The summed E-state index contributed by atoms with van der Waals surface area (Å²) in [4.78, 5) is 30.5. The Morgan fingerprint density at radius 1 is 0.707 bits per heavy atom. The molecule has 13 heteroatoms. The van der Waals surface area contributed by atoms with Crippen LogP contribution < -0.4 is 9.47 Å². The SMILES string of the molecule is CC(=O)CCC(=O)c1cc(Br)ccc1OCc1ccc(F)cc1F.Cc1ccc(-c2cc(Br)ccc2OCc2ccc(F)cc2F)n1-c1ccc(-c2cnc[nH]2)cc1. The van der Waals surface area contributed by atoms with Crippen LogP contribution in [0.3, 0.4) is 0 Å². The third kappa shape index (κ3) is 10.6. The molecular formula is C45H35Br2F4N3O4. The number of hydrogen-bond acceptors (Lipinski definition) is 5. The number of carbonyl (C=O) groups is 2. The molecule has 0 spiro atoms. The first kappa shape index (κ1) is 41.8. The van der Waals surface area contributed by atoms with E-state index < -0.39 is 23.3 Å². The molecule has 0 aliphatic rings. The molecule has 0 fully saturated rings. The van der Waals surface area contributed by atoms with Crippen molar-refractivity contribution in [3.8, 4) is 39.7 Å². The fraction of sp³-hybridized carbons (Fsp3) is 0.133. The molecule has 0 aliphatic carbocycles. The molecule has 0 amide bonds. The number of aromatic amines is 1. The van der Waals surface area contributed by atoms with Crippen LogP contribution in [0.25, 0.3) is 28.2 Å². The monoisotopic (exact) mass is 915 g/mol. The molecule has 7 nitrogen and oxygen atoms in total. The summed E-state index contributed by atoms with van der Waals surface area (Å²) < 4.78 is 69.2. The van der Waals surface area contributed by atoms with E-state index in [1.54, 1.807) is 30.7 Å². The molecule has 0 saturated heterocycles. The first-order valence-corrected chi connectivity index (χ1v) is 19.5. The van der Waals surface area contributed by atoms with Crippen molar-refractivity contribution in [1.29, 1.82) is 0 Å². The van der Waals surface area contributed by atoms with Gasteiger partial charge in [0.2, 0.25) is 0 Å². The maximum Gasteiger partial charge on any atom is 0.167 e. The van der Waals surface area contributed by atoms with Crippen LogP contribution in [0, 0.1) is 30.2 Å². The van der Waals surface area contributed by atoms with Crippen molar-refractivity contribution in [2.45, 2.75) is 39.9 Å². The van der Waals surface area contributed by atoms with E-state index in [1.807, 2.05) is 49.4 Å². The highest BCUT2D eigenvalue weighted by Gasteiger charge is 2.17. The van der Waals surface area contributed by atoms with E-state index >= 15 is 0 Å². The molecular weight excluding hydrogens is 882 g/mol. The van der Waals surface area contributed by atoms with E-state index in [-0.39, 0.29) is 54.5 Å². The van der Waals surface area contributed by atoms with Crippen LogP contribution in [-0.2, 0) is 18.0 Å². The topological polar surface area (TPSA) is 86.2 Å². The second-order valence-electron chi connectivity index (χ2n) is 13.2. The predicted octanol–water partition coefficient (Wildman–Crippen LogP) is 12.3. The van der Waals surface area contributed by atoms with E-state index in [1.165, 1.54) is 25.1 Å². The minimum atomic E-state index is -0.712. The fourth-order valence-electron chi connectivity index (χ4n) is 5.98. The molecule has 0 bridgehead atoms. The molecule has 1 N–H and O–H groups in total. The number of nitrogens with zero attached hydrogens (tertiary/aromatic N) is 2. The van der Waals surface area contributed by atoms with Gasteiger partial charge >= 0.3 is 0 Å². The van der Waals surface area contributed by atoms with Crippen LogP contribution in [0.1, 0.15) is 46.9 Å². The predicted molar refractivity (Wildman–Crippen MR) is 221 cm³/mol. The number of Topliss-reactive ketones (excluding diaryl/α,β-unsaturated/α-hetero) is 2. The Morgan fingerprint density at radius 2 is 1.31 bits per heavy atom. The van der Waals surface area contributed by atoms with Gasteiger partial charge in [-0.25, -0.2) is 22.5 Å². The molecule has 0 radical (unpaired) electrons. The molecule has 296 valence electrons. The number of H-pyrrole nitrogens is 1. The van der Waals surface area contributed by atoms with Gasteiger partial charge in [-0.15, -0.1) is 0 Å². The lowest BCUT2D eigenvalue weighted by molar-refractivity contribution is -0.117. The Balaban J connectivity index is 0.000000209. The van der Waals surface area contributed by atoms with Crippen molar-refractivity contribution in [3.05, 3.63) is 176 Å². The van der Waals surface area contributed by atoms with E-state index in [2.05, 4.69) is 58.5 Å². The molecule has 0 atom stereocenters. The average molecular weight is 918 g/mol. The summed E-state index contributed by atoms with van der Waals surface area (Å²) in [5.74, 6) is -2.05. The van der Waals surface area contributed by atoms with Gasteiger partial charge in [-0.05, 0) is 104 Å². The number of aromatic nitrogens is 3. The summed E-state index contributed by atoms with van der Waals surface area (Å²) in [6.45, 7) is 3.31. The standard InChI is InChI=1S/C27H20BrF2N3O.C18H15BrF2O3/c1-17-2-10-26(33(17)22-8-4-18(5-9-22)25-14-31-16-32-25)23-12-20(28)6-11-27(23)34-15-19-3-7-21(29)13-24(19)30;1-11(22)2-6-17(23)15-8-13(19)4-7-18(15)24-10-12-3-5-14(20)9-16(12)21/h2-14,16H,15H2,1H3,(H,31,32);3-5,7-9H,2,6,10H2,1H3. The molecule has 0 aliphatic heterocycles. The Hall–Kier alpha value is -5.79. The van der Waals surface area contributed by atoms with Crippen molar-refractivity contribution in [3.63, 3.8) is 0 Å². The largest absolute Gasteiger partial charge is 0.488 e. The number of ether oxygens (including phenoxy) is 2. The fourth-order valence-corrected chi connectivity index (χ4v) is 6.70. The minimum Gasteiger partial charge on any atom is -0.488 e. The Morgan fingerprint density at radius 3 is 1.90 bits per heavy atom. The number of nitrogens with one attached hydrogen (secondary N) is 1. The summed E-state index contributed by atoms with van der Waals surface area (Å²) in [6.07, 6.45) is 3.67. The zero-order valence-corrected chi connectivity index (χ0v) is 34.3. The van der Waals surface area contributed by atoms with Gasteiger partial charge < -0.3 is 23.8 Å². The van der Waals surface area contributed by atoms with Gasteiger partial charge in [0.05, 0.1) is 29.5 Å². The van der Waals surface area contributed by atoms with Crippen LogP contribution in [0.15, 0.2) is 131 Å². The number of rotatable bonds is 13. The van der Waals surface area contributed by atoms with Gasteiger partial charge in [-0.1, -0.05) is 44.0 Å². The Labute approximate surface area is 348 Å². The summed E-state index contributed by atoms with van der Waals surface area (Å²) >= 11 is 6.84. The lowest BCUT2D eigenvalue weighted by atomic mass is 10.0. The quantitative estimate of drug-likeness (QED) is 0.0920. The number of hydrogen-bond donors (Lipinski definition) is 1. The number of halogens is 6. The van der Waals surface area contributed by atoms with Gasteiger partial charge in [0.25, 0.3) is 0 Å². The maximum absolute atomic E-state index is 14.1. The first-order chi connectivity index (χ1) is 27.9. The molecule has 0 saturated carbocycles. The van der Waals surface area contributed by atoms with Gasteiger partial charge in [0.1, 0.15) is 53.8 Å². The Kier molecular flexibility index (Phi) is 13.8. The highest BCUT2D eigenvalue weighted by molar-refractivity contribution is 9.10. The van der Waals surface area contributed by atoms with Crippen molar-refractivity contribution >= 4 is 43.4 Å². The summed E-state index contributed by atoms with van der Waals surface area (Å²) in [5.41, 5.74) is 6.61. The summed E-state index contributed by atoms with van der Waals surface area (Å²) in [6, 6.07) is 29.5. The van der Waals surface area contributed by atoms with Crippen LogP contribution in [0.2, 0.25) is 0 Å². The average Bonchev–Trinajstić information content (AvgIpc) is 3.88. The van der Waals surface area contributed by atoms with E-state index in [0.29, 0.717) is 15.8 Å². The van der Waals surface area contributed by atoms with Crippen molar-refractivity contribution in [2.24, 2.45) is 0 Å². The third-order valence-corrected chi connectivity index (χ3v) is 9.96. The second-order valence-corrected chi connectivity index (χ2v) is 15.0. The summed E-state index contributed by atoms with van der Waals surface area (Å²) in [7, 11) is 0. The van der Waals surface area contributed by atoms with Crippen molar-refractivity contribution in [1.82, 2.24) is 14.5 Å². The van der Waals surface area contributed by atoms with Crippen LogP contribution in [-0.4, -0.2) is 26.1 Å². The van der Waals surface area contributed by atoms with Crippen molar-refractivity contribution in [2.75, 3.05) is 0 Å². The number of carbonyl (C=O) groups excluding carboxylic acids is 2. The molecule has 0 unspecified atom stereocenters. The van der Waals surface area contributed by atoms with E-state index in [4.69, 9.17) is 9.47 Å². The molecule has 5 aromatic carbocycles. The number of ketones is 2. The second kappa shape index (κ2) is 19.1. The zero-order chi connectivity index (χ0) is 41.3. The van der Waals surface area contributed by atoms with E-state index in [9.17, 15) is 27.2 Å². The molecule has 7 rings (SSSR count). The van der Waals surface area contributed by atoms with Crippen molar-refractivity contribution < 1.29 is 36.6 Å².